The van der Waals surface area contributed by atoms with Crippen molar-refractivity contribution in [2.45, 2.75) is 26.2 Å². The summed E-state index contributed by atoms with van der Waals surface area (Å²) in [5, 5.41) is 4.92. The lowest BCUT2D eigenvalue weighted by atomic mass is 9.87. The third kappa shape index (κ3) is 4.67. The second-order valence-electron chi connectivity index (χ2n) is 6.65. The molecule has 0 spiro atoms. The lowest BCUT2D eigenvalue weighted by Gasteiger charge is -2.19. The van der Waals surface area contributed by atoms with Crippen LogP contribution in [0.2, 0.25) is 0 Å². The van der Waals surface area contributed by atoms with Gasteiger partial charge in [0.2, 0.25) is 0 Å². The van der Waals surface area contributed by atoms with Crippen molar-refractivity contribution in [3.8, 4) is 0 Å². The normalized spacial score (nSPS) is 10.8. The highest BCUT2D eigenvalue weighted by molar-refractivity contribution is 6.44. The van der Waals surface area contributed by atoms with E-state index < -0.39 is 17.7 Å². The summed E-state index contributed by atoms with van der Waals surface area (Å²) in [7, 11) is 0. The van der Waals surface area contributed by atoms with Crippen LogP contribution in [0.25, 0.3) is 0 Å². The molecule has 130 valence electrons. The second-order valence-corrected chi connectivity index (χ2v) is 6.65. The van der Waals surface area contributed by atoms with Crippen LogP contribution in [-0.4, -0.2) is 17.7 Å². The number of benzene rings is 2. The van der Waals surface area contributed by atoms with E-state index >= 15 is 0 Å². The minimum absolute atomic E-state index is 0.00160. The van der Waals surface area contributed by atoms with Crippen molar-refractivity contribution in [2.24, 2.45) is 5.73 Å². The monoisotopic (exact) mass is 339 g/mol. The van der Waals surface area contributed by atoms with E-state index in [0.29, 0.717) is 5.69 Å². The van der Waals surface area contributed by atoms with E-state index in [2.05, 4.69) is 31.4 Å². The maximum atomic E-state index is 12.0. The van der Waals surface area contributed by atoms with Crippen molar-refractivity contribution >= 4 is 29.1 Å². The number of para-hydroxylation sites is 1. The Morgan fingerprint density at radius 1 is 0.840 bits per heavy atom. The molecule has 6 heteroatoms. The molecule has 4 N–H and O–H groups in total. The van der Waals surface area contributed by atoms with Crippen LogP contribution in [0.15, 0.2) is 48.5 Å². The summed E-state index contributed by atoms with van der Waals surface area (Å²) >= 11 is 0. The first kappa shape index (κ1) is 18.2. The number of nitrogens with two attached hydrogens (primary N) is 1. The van der Waals surface area contributed by atoms with Gasteiger partial charge in [-0.05, 0) is 35.2 Å². The quantitative estimate of drug-likeness (QED) is 0.749. The minimum atomic E-state index is -0.881. The van der Waals surface area contributed by atoms with E-state index in [1.54, 1.807) is 24.3 Å². The van der Waals surface area contributed by atoms with Crippen LogP contribution in [0.1, 0.15) is 36.7 Å². The van der Waals surface area contributed by atoms with E-state index in [-0.39, 0.29) is 16.7 Å². The molecular formula is C19H21N3O3. The van der Waals surface area contributed by atoms with Gasteiger partial charge in [-0.25, -0.2) is 0 Å². The number of hydrogen-bond donors (Lipinski definition) is 3. The largest absolute Gasteiger partial charge is 0.366 e. The molecule has 25 heavy (non-hydrogen) atoms. The van der Waals surface area contributed by atoms with E-state index in [0.717, 1.165) is 5.56 Å². The highest BCUT2D eigenvalue weighted by Gasteiger charge is 2.18. The van der Waals surface area contributed by atoms with Gasteiger partial charge >= 0.3 is 11.8 Å². The average Bonchev–Trinajstić information content (AvgIpc) is 2.54. The van der Waals surface area contributed by atoms with Crippen LogP contribution in [-0.2, 0) is 15.0 Å². The second kappa shape index (κ2) is 7.17. The number of hydrogen-bond acceptors (Lipinski definition) is 3. The number of rotatable bonds is 3. The van der Waals surface area contributed by atoms with E-state index in [1.807, 2.05) is 12.1 Å². The molecule has 0 aliphatic rings. The standard InChI is InChI=1S/C19H21N3O3/c1-19(2,3)12-8-10-13(11-9-12)21-17(24)18(25)22-15-7-5-4-6-14(15)16(20)23/h4-11H,1-3H3,(H2,20,23)(H,21,24)(H,22,25). The van der Waals surface area contributed by atoms with Crippen LogP contribution < -0.4 is 16.4 Å². The minimum Gasteiger partial charge on any atom is -0.366 e. The van der Waals surface area contributed by atoms with Crippen LogP contribution in [0.5, 0.6) is 0 Å². The Kier molecular flexibility index (Phi) is 5.22. The number of anilines is 2. The number of nitrogens with one attached hydrogen (secondary N) is 2. The van der Waals surface area contributed by atoms with Crippen molar-refractivity contribution in [2.75, 3.05) is 10.6 Å². The predicted octanol–water partition coefficient (Wildman–Crippen LogP) is 2.66. The third-order valence-electron chi connectivity index (χ3n) is 3.66. The lowest BCUT2D eigenvalue weighted by Crippen LogP contribution is -2.30. The first-order valence-electron chi connectivity index (χ1n) is 7.80. The summed E-state index contributed by atoms with van der Waals surface area (Å²) < 4.78 is 0. The molecule has 0 bridgehead atoms. The van der Waals surface area contributed by atoms with Gasteiger partial charge in [0.05, 0.1) is 11.3 Å². The molecule has 2 aromatic carbocycles. The smallest absolute Gasteiger partial charge is 0.314 e. The summed E-state index contributed by atoms with van der Waals surface area (Å²) in [5.41, 5.74) is 7.20. The zero-order valence-corrected chi connectivity index (χ0v) is 14.4. The van der Waals surface area contributed by atoms with Crippen molar-refractivity contribution in [3.63, 3.8) is 0 Å². The van der Waals surface area contributed by atoms with E-state index in [4.69, 9.17) is 5.73 Å². The SMILES string of the molecule is CC(C)(C)c1ccc(NC(=O)C(=O)Nc2ccccc2C(N)=O)cc1. The van der Waals surface area contributed by atoms with Gasteiger partial charge in [-0.2, -0.15) is 0 Å². The van der Waals surface area contributed by atoms with Gasteiger partial charge in [0.1, 0.15) is 0 Å². The Labute approximate surface area is 146 Å². The maximum Gasteiger partial charge on any atom is 0.314 e. The molecule has 0 aliphatic heterocycles. The summed E-state index contributed by atoms with van der Waals surface area (Å²) in [6.07, 6.45) is 0. The molecule has 0 saturated carbocycles. The summed E-state index contributed by atoms with van der Waals surface area (Å²) in [6, 6.07) is 13.5. The Morgan fingerprint density at radius 3 is 1.96 bits per heavy atom. The van der Waals surface area contributed by atoms with Gasteiger partial charge in [0, 0.05) is 5.69 Å². The molecule has 0 fully saturated rings. The topological polar surface area (TPSA) is 101 Å². The highest BCUT2D eigenvalue weighted by Crippen LogP contribution is 2.23. The molecule has 0 heterocycles. The van der Waals surface area contributed by atoms with Gasteiger partial charge in [0.25, 0.3) is 5.91 Å². The highest BCUT2D eigenvalue weighted by atomic mass is 16.2. The molecule has 3 amide bonds. The fraction of sp³-hybridized carbons (Fsp3) is 0.211. The van der Waals surface area contributed by atoms with Crippen molar-refractivity contribution in [3.05, 3.63) is 59.7 Å². The van der Waals surface area contributed by atoms with Crippen molar-refractivity contribution in [1.82, 2.24) is 0 Å². The molecular weight excluding hydrogens is 318 g/mol. The Morgan fingerprint density at radius 2 is 1.40 bits per heavy atom. The van der Waals surface area contributed by atoms with Crippen molar-refractivity contribution in [1.29, 1.82) is 0 Å². The van der Waals surface area contributed by atoms with Crippen LogP contribution in [0, 0.1) is 0 Å². The van der Waals surface area contributed by atoms with Crippen LogP contribution in [0.4, 0.5) is 11.4 Å². The van der Waals surface area contributed by atoms with Crippen LogP contribution in [0.3, 0.4) is 0 Å². The Hall–Kier alpha value is -3.15. The number of carbonyl (C=O) groups excluding carboxylic acids is 3. The summed E-state index contributed by atoms with van der Waals surface area (Å²) in [5.74, 6) is -2.40. The van der Waals surface area contributed by atoms with Crippen molar-refractivity contribution < 1.29 is 14.4 Å². The number of primary amides is 1. The van der Waals surface area contributed by atoms with Gasteiger partial charge < -0.3 is 16.4 Å². The third-order valence-corrected chi connectivity index (χ3v) is 3.66. The molecule has 0 radical (unpaired) electrons. The average molecular weight is 339 g/mol. The summed E-state index contributed by atoms with van der Waals surface area (Å²) in [6.45, 7) is 6.26. The molecule has 6 nitrogen and oxygen atoms in total. The Bertz CT molecular complexity index is 805. The zero-order valence-electron chi connectivity index (χ0n) is 14.4. The van der Waals surface area contributed by atoms with Gasteiger partial charge in [0.15, 0.2) is 0 Å². The molecule has 2 rings (SSSR count). The van der Waals surface area contributed by atoms with Crippen LogP contribution >= 0.6 is 0 Å². The van der Waals surface area contributed by atoms with E-state index in [9.17, 15) is 14.4 Å². The molecule has 2 aromatic rings. The first-order chi connectivity index (χ1) is 11.7. The summed E-state index contributed by atoms with van der Waals surface area (Å²) in [4.78, 5) is 35.4. The molecule has 0 saturated heterocycles. The number of carbonyl (C=O) groups is 3. The lowest BCUT2D eigenvalue weighted by molar-refractivity contribution is -0.133. The first-order valence-corrected chi connectivity index (χ1v) is 7.80. The van der Waals surface area contributed by atoms with Gasteiger partial charge in [-0.1, -0.05) is 45.0 Å². The number of amides is 3. The Balaban J connectivity index is 2.06. The molecule has 0 aromatic heterocycles. The van der Waals surface area contributed by atoms with Gasteiger partial charge in [-0.3, -0.25) is 14.4 Å². The zero-order chi connectivity index (χ0) is 18.6. The van der Waals surface area contributed by atoms with Gasteiger partial charge in [-0.15, -0.1) is 0 Å². The fourth-order valence-electron chi connectivity index (χ4n) is 2.23. The molecule has 0 aliphatic carbocycles. The fourth-order valence-corrected chi connectivity index (χ4v) is 2.23. The maximum absolute atomic E-state index is 12.0. The molecule has 0 atom stereocenters. The predicted molar refractivity (Wildman–Crippen MR) is 97.4 cm³/mol. The van der Waals surface area contributed by atoms with E-state index in [1.165, 1.54) is 12.1 Å². The molecule has 0 unspecified atom stereocenters.